The van der Waals surface area contributed by atoms with Gasteiger partial charge in [0.1, 0.15) is 11.1 Å². The number of nitrogens with zero attached hydrogens (tertiary/aromatic N) is 1. The van der Waals surface area contributed by atoms with Gasteiger partial charge in [-0.25, -0.2) is 0 Å². The number of amides is 1. The molecule has 0 saturated heterocycles. The molecular formula is C18H18N2OS. The summed E-state index contributed by atoms with van der Waals surface area (Å²) in [4.78, 5) is 13.1. The van der Waals surface area contributed by atoms with Crippen LogP contribution in [0.3, 0.4) is 0 Å². The number of nitriles is 1. The Balaban J connectivity index is 2.13. The van der Waals surface area contributed by atoms with Crippen LogP contribution in [0.25, 0.3) is 6.08 Å². The number of hydrogen-bond acceptors (Lipinski definition) is 3. The van der Waals surface area contributed by atoms with Crippen molar-refractivity contribution in [3.63, 3.8) is 0 Å². The van der Waals surface area contributed by atoms with Crippen LogP contribution in [0, 0.1) is 25.2 Å². The summed E-state index contributed by atoms with van der Waals surface area (Å²) in [6.45, 7) is 6.01. The van der Waals surface area contributed by atoms with Crippen molar-refractivity contribution in [2.75, 3.05) is 5.32 Å². The fourth-order valence-electron chi connectivity index (χ4n) is 2.21. The van der Waals surface area contributed by atoms with E-state index in [1.165, 1.54) is 23.0 Å². The Hall–Kier alpha value is -2.38. The van der Waals surface area contributed by atoms with Crippen LogP contribution >= 0.6 is 11.3 Å². The van der Waals surface area contributed by atoms with Crippen molar-refractivity contribution in [2.45, 2.75) is 27.2 Å². The molecule has 1 aromatic heterocycles. The van der Waals surface area contributed by atoms with Crippen molar-refractivity contribution in [2.24, 2.45) is 0 Å². The Morgan fingerprint density at radius 2 is 2.00 bits per heavy atom. The van der Waals surface area contributed by atoms with E-state index in [1.54, 1.807) is 6.08 Å². The Morgan fingerprint density at radius 3 is 2.59 bits per heavy atom. The number of benzene rings is 1. The van der Waals surface area contributed by atoms with Gasteiger partial charge in [-0.15, -0.1) is 11.3 Å². The third-order valence-electron chi connectivity index (χ3n) is 3.42. The van der Waals surface area contributed by atoms with E-state index < -0.39 is 0 Å². The van der Waals surface area contributed by atoms with Crippen molar-refractivity contribution < 1.29 is 4.79 Å². The smallest absolute Gasteiger partial charge is 0.249 e. The molecule has 1 aromatic carbocycles. The Labute approximate surface area is 134 Å². The summed E-state index contributed by atoms with van der Waals surface area (Å²) < 4.78 is 0. The number of aryl methyl sites for hydroxylation is 2. The molecule has 0 saturated carbocycles. The zero-order valence-corrected chi connectivity index (χ0v) is 13.8. The molecule has 22 heavy (non-hydrogen) atoms. The highest BCUT2D eigenvalue weighted by Gasteiger charge is 2.15. The number of anilines is 1. The van der Waals surface area contributed by atoms with Crippen molar-refractivity contribution in [1.29, 1.82) is 5.26 Å². The van der Waals surface area contributed by atoms with Gasteiger partial charge in [-0.3, -0.25) is 4.79 Å². The van der Waals surface area contributed by atoms with Gasteiger partial charge in [0.2, 0.25) is 5.91 Å². The molecule has 3 nitrogen and oxygen atoms in total. The molecule has 1 N–H and O–H groups in total. The van der Waals surface area contributed by atoms with Crippen molar-refractivity contribution in [1.82, 2.24) is 0 Å². The van der Waals surface area contributed by atoms with E-state index in [0.717, 1.165) is 22.4 Å². The van der Waals surface area contributed by atoms with Crippen LogP contribution in [0.2, 0.25) is 0 Å². The van der Waals surface area contributed by atoms with E-state index in [0.29, 0.717) is 10.6 Å². The lowest BCUT2D eigenvalue weighted by atomic mass is 10.1. The van der Waals surface area contributed by atoms with Crippen LogP contribution in [0.15, 0.2) is 30.3 Å². The predicted molar refractivity (Wildman–Crippen MR) is 92.0 cm³/mol. The van der Waals surface area contributed by atoms with Crippen molar-refractivity contribution in [3.05, 3.63) is 57.5 Å². The number of carbonyl (C=O) groups is 1. The van der Waals surface area contributed by atoms with Crippen molar-refractivity contribution >= 4 is 28.3 Å². The molecule has 112 valence electrons. The Bertz CT molecular complexity index is 749. The van der Waals surface area contributed by atoms with Crippen LogP contribution < -0.4 is 5.32 Å². The Morgan fingerprint density at radius 1 is 1.32 bits per heavy atom. The predicted octanol–water partition coefficient (Wildman–Crippen LogP) is 4.45. The van der Waals surface area contributed by atoms with Gasteiger partial charge >= 0.3 is 0 Å². The molecule has 2 rings (SSSR count). The second kappa shape index (κ2) is 7.06. The van der Waals surface area contributed by atoms with Gasteiger partial charge in [-0.1, -0.05) is 36.8 Å². The number of thiophene rings is 1. The molecule has 2 aromatic rings. The van der Waals surface area contributed by atoms with E-state index in [4.69, 9.17) is 0 Å². The molecule has 0 aliphatic rings. The lowest BCUT2D eigenvalue weighted by Crippen LogP contribution is -2.07. The van der Waals surface area contributed by atoms with E-state index in [2.05, 4.69) is 11.4 Å². The van der Waals surface area contributed by atoms with Gasteiger partial charge in [-0.2, -0.15) is 5.26 Å². The molecule has 0 atom stereocenters. The molecule has 0 fully saturated rings. The minimum absolute atomic E-state index is 0.221. The van der Waals surface area contributed by atoms with Gasteiger partial charge in [0.15, 0.2) is 0 Å². The minimum Gasteiger partial charge on any atom is -0.313 e. The zero-order valence-electron chi connectivity index (χ0n) is 12.9. The number of rotatable bonds is 4. The first-order valence-electron chi connectivity index (χ1n) is 7.13. The first-order chi connectivity index (χ1) is 10.5. The van der Waals surface area contributed by atoms with E-state index in [9.17, 15) is 10.1 Å². The molecular weight excluding hydrogens is 292 g/mol. The average Bonchev–Trinajstić information content (AvgIpc) is 2.81. The second-order valence-corrected chi connectivity index (χ2v) is 6.26. The van der Waals surface area contributed by atoms with Crippen LogP contribution in [0.4, 0.5) is 5.00 Å². The van der Waals surface area contributed by atoms with Gasteiger partial charge < -0.3 is 5.32 Å². The highest BCUT2D eigenvalue weighted by Crippen LogP contribution is 2.32. The zero-order chi connectivity index (χ0) is 16.1. The van der Waals surface area contributed by atoms with E-state index in [1.807, 2.05) is 45.0 Å². The summed E-state index contributed by atoms with van der Waals surface area (Å²) in [6.07, 6.45) is 4.05. The molecule has 0 radical (unpaired) electrons. The summed E-state index contributed by atoms with van der Waals surface area (Å²) in [5, 5.41) is 12.7. The molecule has 1 amide bonds. The molecule has 0 aliphatic heterocycles. The number of hydrogen-bond donors (Lipinski definition) is 1. The maximum absolute atomic E-state index is 12.0. The summed E-state index contributed by atoms with van der Waals surface area (Å²) in [6, 6.07) is 10.1. The number of nitrogens with one attached hydrogen (secondary N) is 1. The maximum atomic E-state index is 12.0. The van der Waals surface area contributed by atoms with Crippen molar-refractivity contribution in [3.8, 4) is 6.07 Å². The average molecular weight is 310 g/mol. The van der Waals surface area contributed by atoms with Gasteiger partial charge in [-0.05, 0) is 37.5 Å². The fraction of sp³-hybridized carbons (Fsp3) is 0.222. The minimum atomic E-state index is -0.221. The molecule has 0 unspecified atom stereocenters. The van der Waals surface area contributed by atoms with Crippen LogP contribution in [-0.4, -0.2) is 5.91 Å². The highest BCUT2D eigenvalue weighted by atomic mass is 32.1. The topological polar surface area (TPSA) is 52.9 Å². The van der Waals surface area contributed by atoms with Gasteiger partial charge in [0.05, 0.1) is 5.56 Å². The molecule has 0 bridgehead atoms. The third kappa shape index (κ3) is 3.63. The summed E-state index contributed by atoms with van der Waals surface area (Å²) in [5.74, 6) is -0.221. The summed E-state index contributed by atoms with van der Waals surface area (Å²) >= 11 is 1.45. The fourth-order valence-corrected chi connectivity index (χ4v) is 3.31. The SMILES string of the molecule is CCc1c(C)sc(NC(=O)/C=C/c2ccc(C)cc2)c1C#N. The first-order valence-corrected chi connectivity index (χ1v) is 7.95. The van der Waals surface area contributed by atoms with Crippen LogP contribution in [0.1, 0.15) is 34.1 Å². The quantitative estimate of drug-likeness (QED) is 0.848. The van der Waals surface area contributed by atoms with Gasteiger partial charge in [0, 0.05) is 11.0 Å². The standard InChI is InChI=1S/C18H18N2OS/c1-4-15-13(3)22-18(16(15)11-19)20-17(21)10-9-14-7-5-12(2)6-8-14/h5-10H,4H2,1-3H3,(H,20,21)/b10-9+. The summed E-state index contributed by atoms with van der Waals surface area (Å²) in [5.41, 5.74) is 3.76. The largest absolute Gasteiger partial charge is 0.313 e. The molecule has 4 heteroatoms. The molecule has 1 heterocycles. The van der Waals surface area contributed by atoms with Crippen LogP contribution in [0.5, 0.6) is 0 Å². The van der Waals surface area contributed by atoms with E-state index in [-0.39, 0.29) is 5.91 Å². The lowest BCUT2D eigenvalue weighted by Gasteiger charge is -2.00. The second-order valence-electron chi connectivity index (χ2n) is 5.04. The van der Waals surface area contributed by atoms with E-state index >= 15 is 0 Å². The first kappa shape index (κ1) is 16.0. The normalized spacial score (nSPS) is 10.6. The molecule has 0 spiro atoms. The maximum Gasteiger partial charge on any atom is 0.249 e. The highest BCUT2D eigenvalue weighted by molar-refractivity contribution is 7.16. The van der Waals surface area contributed by atoms with Crippen LogP contribution in [-0.2, 0) is 11.2 Å². The van der Waals surface area contributed by atoms with Gasteiger partial charge in [0.25, 0.3) is 0 Å². The Kier molecular flexibility index (Phi) is 5.13. The lowest BCUT2D eigenvalue weighted by molar-refractivity contribution is -0.111. The summed E-state index contributed by atoms with van der Waals surface area (Å²) in [7, 11) is 0. The third-order valence-corrected chi connectivity index (χ3v) is 4.48. The monoisotopic (exact) mass is 310 g/mol. The molecule has 0 aliphatic carbocycles. The number of carbonyl (C=O) groups excluding carboxylic acids is 1.